The maximum atomic E-state index is 12.1. The van der Waals surface area contributed by atoms with Gasteiger partial charge in [-0.1, -0.05) is 34.8 Å². The van der Waals surface area contributed by atoms with Gasteiger partial charge in [0.2, 0.25) is 0 Å². The van der Waals surface area contributed by atoms with E-state index < -0.39 is 10.0 Å². The van der Waals surface area contributed by atoms with Crippen LogP contribution in [0.25, 0.3) is 0 Å². The second-order valence-corrected chi connectivity index (χ2v) is 6.52. The van der Waals surface area contributed by atoms with Gasteiger partial charge in [-0.3, -0.25) is 4.72 Å². The van der Waals surface area contributed by atoms with Gasteiger partial charge < -0.3 is 0 Å². The molecular weight excluding hydrogens is 331 g/mol. The molecule has 0 aliphatic heterocycles. The lowest BCUT2D eigenvalue weighted by molar-refractivity contribution is 0.601. The molecule has 0 amide bonds. The summed E-state index contributed by atoms with van der Waals surface area (Å²) in [7, 11) is -3.75. The number of hydrogen-bond donors (Lipinski definition) is 1. The fraction of sp³-hybridized carbons (Fsp3) is 0. The maximum Gasteiger partial charge on any atom is 0.263 e. The summed E-state index contributed by atoms with van der Waals surface area (Å²) >= 11 is 17.2. The highest BCUT2D eigenvalue weighted by Gasteiger charge is 2.15. The molecule has 1 aromatic heterocycles. The summed E-state index contributed by atoms with van der Waals surface area (Å²) in [6.45, 7) is 0. The molecule has 0 radical (unpaired) electrons. The molecule has 8 heteroatoms. The van der Waals surface area contributed by atoms with Gasteiger partial charge in [-0.05, 0) is 30.3 Å². The Labute approximate surface area is 125 Å². The van der Waals surface area contributed by atoms with Gasteiger partial charge in [-0.2, -0.15) is 0 Å². The SMILES string of the molecule is O=S(=O)(Nc1cc(Cl)cc(Cl)c1)c1ccc(Cl)nc1. The lowest BCUT2D eigenvalue weighted by Gasteiger charge is -2.08. The highest BCUT2D eigenvalue weighted by Crippen LogP contribution is 2.24. The lowest BCUT2D eigenvalue weighted by Crippen LogP contribution is -2.13. The second-order valence-electron chi connectivity index (χ2n) is 3.58. The van der Waals surface area contributed by atoms with Crippen molar-refractivity contribution in [2.45, 2.75) is 4.90 Å². The number of rotatable bonds is 3. The van der Waals surface area contributed by atoms with Crippen molar-refractivity contribution >= 4 is 50.5 Å². The van der Waals surface area contributed by atoms with Crippen LogP contribution in [0.15, 0.2) is 41.4 Å². The van der Waals surface area contributed by atoms with Gasteiger partial charge in [0, 0.05) is 16.2 Å². The summed E-state index contributed by atoms with van der Waals surface area (Å²) in [5.74, 6) is 0. The summed E-state index contributed by atoms with van der Waals surface area (Å²) < 4.78 is 26.5. The predicted molar refractivity (Wildman–Crippen MR) is 76.5 cm³/mol. The number of hydrogen-bond acceptors (Lipinski definition) is 3. The molecule has 2 aromatic rings. The Balaban J connectivity index is 2.33. The smallest absolute Gasteiger partial charge is 0.263 e. The average molecular weight is 338 g/mol. The normalized spacial score (nSPS) is 11.3. The van der Waals surface area contributed by atoms with E-state index >= 15 is 0 Å². The molecule has 2 rings (SSSR count). The van der Waals surface area contributed by atoms with Crippen molar-refractivity contribution in [3.63, 3.8) is 0 Å². The summed E-state index contributed by atoms with van der Waals surface area (Å²) in [6, 6.07) is 7.15. The quantitative estimate of drug-likeness (QED) is 0.866. The largest absolute Gasteiger partial charge is 0.279 e. The topological polar surface area (TPSA) is 59.1 Å². The molecule has 0 saturated heterocycles. The molecule has 0 unspecified atom stereocenters. The zero-order chi connectivity index (χ0) is 14.0. The first-order valence-electron chi connectivity index (χ1n) is 4.97. The van der Waals surface area contributed by atoms with Crippen LogP contribution in [0.5, 0.6) is 0 Å². The minimum Gasteiger partial charge on any atom is -0.279 e. The molecule has 4 nitrogen and oxygen atoms in total. The molecule has 1 heterocycles. The van der Waals surface area contributed by atoms with Crippen LogP contribution < -0.4 is 4.72 Å². The second kappa shape index (κ2) is 5.54. The van der Waals surface area contributed by atoms with Crippen LogP contribution in [0.1, 0.15) is 0 Å². The van der Waals surface area contributed by atoms with Gasteiger partial charge >= 0.3 is 0 Å². The van der Waals surface area contributed by atoms with Crippen molar-refractivity contribution in [2.24, 2.45) is 0 Å². The number of nitrogens with zero attached hydrogens (tertiary/aromatic N) is 1. The third-order valence-corrected chi connectivity index (χ3v) is 4.15. The van der Waals surface area contributed by atoms with Crippen LogP contribution >= 0.6 is 34.8 Å². The van der Waals surface area contributed by atoms with Gasteiger partial charge in [0.1, 0.15) is 10.0 Å². The fourth-order valence-corrected chi connectivity index (χ4v) is 2.97. The van der Waals surface area contributed by atoms with E-state index in [2.05, 4.69) is 9.71 Å². The highest BCUT2D eigenvalue weighted by molar-refractivity contribution is 7.92. The Morgan fingerprint density at radius 1 is 1.00 bits per heavy atom. The number of halogens is 3. The zero-order valence-electron chi connectivity index (χ0n) is 9.27. The van der Waals surface area contributed by atoms with Gasteiger partial charge in [0.05, 0.1) is 5.69 Å². The summed E-state index contributed by atoms with van der Waals surface area (Å²) in [6.07, 6.45) is 1.16. The number of pyridine rings is 1. The van der Waals surface area contributed by atoms with E-state index in [1.54, 1.807) is 0 Å². The molecule has 0 saturated carbocycles. The van der Waals surface area contributed by atoms with Crippen LogP contribution in [-0.4, -0.2) is 13.4 Å². The van der Waals surface area contributed by atoms with E-state index in [-0.39, 0.29) is 15.7 Å². The summed E-state index contributed by atoms with van der Waals surface area (Å²) in [4.78, 5) is 3.71. The van der Waals surface area contributed by atoms with Crippen molar-refractivity contribution in [2.75, 3.05) is 4.72 Å². The fourth-order valence-electron chi connectivity index (χ4n) is 1.35. The molecule has 0 aliphatic carbocycles. The Morgan fingerprint density at radius 2 is 1.63 bits per heavy atom. The van der Waals surface area contributed by atoms with Crippen molar-refractivity contribution in [3.05, 3.63) is 51.7 Å². The molecule has 1 N–H and O–H groups in total. The summed E-state index contributed by atoms with van der Waals surface area (Å²) in [5.41, 5.74) is 0.271. The average Bonchev–Trinajstić information content (AvgIpc) is 2.27. The Hall–Kier alpha value is -1.01. The third-order valence-electron chi connectivity index (χ3n) is 2.13. The molecule has 100 valence electrons. The number of anilines is 1. The van der Waals surface area contributed by atoms with Crippen molar-refractivity contribution in [1.82, 2.24) is 4.98 Å². The third kappa shape index (κ3) is 3.73. The van der Waals surface area contributed by atoms with Gasteiger partial charge in [0.15, 0.2) is 0 Å². The first-order chi connectivity index (χ1) is 8.87. The molecule has 0 spiro atoms. The molecule has 0 fully saturated rings. The molecule has 1 aromatic carbocycles. The van der Waals surface area contributed by atoms with Crippen LogP contribution in [0, 0.1) is 0 Å². The predicted octanol–water partition coefficient (Wildman–Crippen LogP) is 3.84. The number of nitrogens with one attached hydrogen (secondary N) is 1. The molecule has 0 bridgehead atoms. The summed E-state index contributed by atoms with van der Waals surface area (Å²) in [5, 5.41) is 0.878. The number of sulfonamides is 1. The molecule has 0 atom stereocenters. The van der Waals surface area contributed by atoms with E-state index in [4.69, 9.17) is 34.8 Å². The van der Waals surface area contributed by atoms with Crippen molar-refractivity contribution in [3.8, 4) is 0 Å². The van der Waals surface area contributed by atoms with Gasteiger partial charge in [-0.15, -0.1) is 0 Å². The first kappa shape index (κ1) is 14.4. The Bertz CT molecular complexity index is 682. The Kier molecular flexibility index (Phi) is 4.20. The Morgan fingerprint density at radius 3 is 2.16 bits per heavy atom. The number of aromatic nitrogens is 1. The monoisotopic (exact) mass is 336 g/mol. The first-order valence-corrected chi connectivity index (χ1v) is 7.59. The van der Waals surface area contributed by atoms with Crippen LogP contribution in [0.4, 0.5) is 5.69 Å². The van der Waals surface area contributed by atoms with Crippen LogP contribution in [0.2, 0.25) is 15.2 Å². The zero-order valence-corrected chi connectivity index (χ0v) is 12.4. The standard InChI is InChI=1S/C11H7Cl3N2O2S/c12-7-3-8(13)5-9(4-7)16-19(17,18)10-1-2-11(14)15-6-10/h1-6,16H. The van der Waals surface area contributed by atoms with Crippen molar-refractivity contribution in [1.29, 1.82) is 0 Å². The van der Waals surface area contributed by atoms with E-state index in [1.807, 2.05) is 0 Å². The van der Waals surface area contributed by atoms with Gasteiger partial charge in [0.25, 0.3) is 10.0 Å². The van der Waals surface area contributed by atoms with Crippen LogP contribution in [-0.2, 0) is 10.0 Å². The molecular formula is C11H7Cl3N2O2S. The minimum atomic E-state index is -3.75. The molecule has 0 aliphatic rings. The molecule has 19 heavy (non-hydrogen) atoms. The van der Waals surface area contributed by atoms with Gasteiger partial charge in [-0.25, -0.2) is 13.4 Å². The number of benzene rings is 1. The van der Waals surface area contributed by atoms with E-state index in [0.29, 0.717) is 10.0 Å². The maximum absolute atomic E-state index is 12.1. The van der Waals surface area contributed by atoms with Crippen LogP contribution in [0.3, 0.4) is 0 Å². The minimum absolute atomic E-state index is 0.00648. The highest BCUT2D eigenvalue weighted by atomic mass is 35.5. The van der Waals surface area contributed by atoms with E-state index in [1.165, 1.54) is 30.3 Å². The van der Waals surface area contributed by atoms with E-state index in [0.717, 1.165) is 6.20 Å². The van der Waals surface area contributed by atoms with Crippen molar-refractivity contribution < 1.29 is 8.42 Å². The lowest BCUT2D eigenvalue weighted by atomic mass is 10.3. The van der Waals surface area contributed by atoms with E-state index in [9.17, 15) is 8.42 Å².